The van der Waals surface area contributed by atoms with Crippen LogP contribution >= 0.6 is 0 Å². The average Bonchev–Trinajstić information content (AvgIpc) is 2.94. The Bertz CT molecular complexity index is 1470. The van der Waals surface area contributed by atoms with Crippen LogP contribution in [0.25, 0.3) is 0 Å². The fourth-order valence-electron chi connectivity index (χ4n) is 4.30. The highest BCUT2D eigenvalue weighted by Gasteiger charge is 2.34. The Morgan fingerprint density at radius 2 is 1.56 bits per heavy atom. The summed E-state index contributed by atoms with van der Waals surface area (Å²) in [5.41, 5.74) is 2.81. The molecule has 0 aliphatic rings. The molecular formula is C31H39N3O6S. The smallest absolute Gasteiger partial charge is 0.264 e. The van der Waals surface area contributed by atoms with Gasteiger partial charge in [-0.25, -0.2) is 8.42 Å². The predicted octanol–water partition coefficient (Wildman–Crippen LogP) is 4.46. The van der Waals surface area contributed by atoms with Gasteiger partial charge in [-0.3, -0.25) is 13.9 Å². The number of nitrogens with one attached hydrogen (secondary N) is 1. The van der Waals surface area contributed by atoms with E-state index in [4.69, 9.17) is 9.47 Å². The Morgan fingerprint density at radius 1 is 0.902 bits per heavy atom. The third kappa shape index (κ3) is 7.58. The summed E-state index contributed by atoms with van der Waals surface area (Å²) in [6, 6.07) is 17.7. The first-order chi connectivity index (χ1) is 19.4. The maximum absolute atomic E-state index is 14.1. The van der Waals surface area contributed by atoms with Crippen LogP contribution in [-0.4, -0.2) is 58.0 Å². The Morgan fingerprint density at radius 3 is 2.15 bits per heavy atom. The van der Waals surface area contributed by atoms with E-state index in [0.29, 0.717) is 5.75 Å². The van der Waals surface area contributed by atoms with Gasteiger partial charge in [-0.15, -0.1) is 0 Å². The molecule has 3 aromatic rings. The molecule has 0 radical (unpaired) electrons. The number of anilines is 1. The van der Waals surface area contributed by atoms with Crippen LogP contribution in [0.2, 0.25) is 0 Å². The molecule has 0 aliphatic carbocycles. The van der Waals surface area contributed by atoms with Crippen LogP contribution in [0.15, 0.2) is 71.6 Å². The van der Waals surface area contributed by atoms with Gasteiger partial charge >= 0.3 is 0 Å². The predicted molar refractivity (Wildman–Crippen MR) is 160 cm³/mol. The van der Waals surface area contributed by atoms with Crippen LogP contribution < -0.4 is 19.1 Å². The normalized spacial score (nSPS) is 12.0. The number of aryl methyl sites for hydroxylation is 2. The third-order valence-electron chi connectivity index (χ3n) is 6.74. The summed E-state index contributed by atoms with van der Waals surface area (Å²) in [5, 5.41) is 2.86. The molecule has 10 heteroatoms. The molecule has 9 nitrogen and oxygen atoms in total. The summed E-state index contributed by atoms with van der Waals surface area (Å²) in [5.74, 6) is -0.266. The molecule has 3 rings (SSSR count). The van der Waals surface area contributed by atoms with E-state index >= 15 is 0 Å². The number of ether oxygens (including phenoxy) is 2. The maximum Gasteiger partial charge on any atom is 0.264 e. The number of benzene rings is 3. The lowest BCUT2D eigenvalue weighted by Gasteiger charge is -2.33. The zero-order valence-corrected chi connectivity index (χ0v) is 25.5. The zero-order chi connectivity index (χ0) is 30.3. The van der Waals surface area contributed by atoms with Crippen molar-refractivity contribution in [1.29, 1.82) is 0 Å². The molecule has 0 fully saturated rings. The number of hydrogen-bond donors (Lipinski definition) is 1. The molecule has 0 saturated heterocycles. The third-order valence-corrected chi connectivity index (χ3v) is 8.52. The van der Waals surface area contributed by atoms with Crippen LogP contribution in [0, 0.1) is 13.8 Å². The number of hydrogen-bond acceptors (Lipinski definition) is 6. The van der Waals surface area contributed by atoms with E-state index in [-0.39, 0.29) is 34.8 Å². The lowest BCUT2D eigenvalue weighted by Crippen LogP contribution is -2.52. The lowest BCUT2D eigenvalue weighted by molar-refractivity contribution is -0.139. The molecule has 0 bridgehead atoms. The minimum Gasteiger partial charge on any atom is -0.497 e. The van der Waals surface area contributed by atoms with E-state index in [1.807, 2.05) is 52.0 Å². The van der Waals surface area contributed by atoms with Crippen molar-refractivity contribution < 1.29 is 27.5 Å². The molecule has 1 atom stereocenters. The quantitative estimate of drug-likeness (QED) is 0.339. The number of carbonyl (C=O) groups is 2. The summed E-state index contributed by atoms with van der Waals surface area (Å²) in [6.07, 6.45) is 0. The molecule has 220 valence electrons. The molecule has 41 heavy (non-hydrogen) atoms. The molecule has 0 heterocycles. The highest BCUT2D eigenvalue weighted by Crippen LogP contribution is 2.36. The second-order valence-corrected chi connectivity index (χ2v) is 12.0. The van der Waals surface area contributed by atoms with Gasteiger partial charge in [-0.05, 0) is 70.0 Å². The van der Waals surface area contributed by atoms with E-state index < -0.39 is 28.5 Å². The van der Waals surface area contributed by atoms with E-state index in [1.54, 1.807) is 31.2 Å². The topological polar surface area (TPSA) is 105 Å². The molecule has 0 aliphatic heterocycles. The van der Waals surface area contributed by atoms with Crippen LogP contribution in [-0.2, 0) is 26.2 Å². The van der Waals surface area contributed by atoms with E-state index in [0.717, 1.165) is 21.0 Å². The van der Waals surface area contributed by atoms with Gasteiger partial charge in [-0.2, -0.15) is 0 Å². The minimum absolute atomic E-state index is 0.0110. The van der Waals surface area contributed by atoms with Crippen LogP contribution in [0.5, 0.6) is 11.5 Å². The SMILES string of the molecule is COc1ccc(OC)c(N(CC(=O)N(Cc2ccccc2C)[C@@H](C)C(=O)NC(C)C)S(=O)(=O)c2ccc(C)cc2)c1. The van der Waals surface area contributed by atoms with Crippen molar-refractivity contribution in [3.63, 3.8) is 0 Å². The Kier molecular flexibility index (Phi) is 10.4. The van der Waals surface area contributed by atoms with Gasteiger partial charge in [0.15, 0.2) is 0 Å². The maximum atomic E-state index is 14.1. The summed E-state index contributed by atoms with van der Waals surface area (Å²) in [6.45, 7) is 8.63. The largest absolute Gasteiger partial charge is 0.497 e. The van der Waals surface area contributed by atoms with Crippen LogP contribution in [0.4, 0.5) is 5.69 Å². The minimum atomic E-state index is -4.25. The zero-order valence-electron chi connectivity index (χ0n) is 24.7. The summed E-state index contributed by atoms with van der Waals surface area (Å²) < 4.78 is 40.1. The fraction of sp³-hybridized carbons (Fsp3) is 0.355. The summed E-state index contributed by atoms with van der Waals surface area (Å²) in [4.78, 5) is 28.6. The van der Waals surface area contributed by atoms with Gasteiger partial charge in [0.2, 0.25) is 11.8 Å². The number of nitrogens with zero attached hydrogens (tertiary/aromatic N) is 2. The number of amides is 2. The molecule has 2 amide bonds. The van der Waals surface area contributed by atoms with Gasteiger partial charge in [0.25, 0.3) is 10.0 Å². The molecule has 0 saturated carbocycles. The first-order valence-electron chi connectivity index (χ1n) is 13.3. The molecule has 0 unspecified atom stereocenters. The van der Waals surface area contributed by atoms with Gasteiger partial charge in [-0.1, -0.05) is 42.0 Å². The van der Waals surface area contributed by atoms with Crippen molar-refractivity contribution in [2.45, 2.75) is 58.1 Å². The van der Waals surface area contributed by atoms with E-state index in [2.05, 4.69) is 5.32 Å². The summed E-state index contributed by atoms with van der Waals surface area (Å²) >= 11 is 0. The second-order valence-electron chi connectivity index (χ2n) is 10.1. The first kappa shape index (κ1) is 31.5. The first-order valence-corrected chi connectivity index (χ1v) is 14.8. The van der Waals surface area contributed by atoms with Crippen LogP contribution in [0.3, 0.4) is 0 Å². The molecule has 3 aromatic carbocycles. The van der Waals surface area contributed by atoms with E-state index in [9.17, 15) is 18.0 Å². The highest BCUT2D eigenvalue weighted by atomic mass is 32.2. The second kappa shape index (κ2) is 13.5. The molecule has 1 N–H and O–H groups in total. The van der Waals surface area contributed by atoms with Gasteiger partial charge < -0.3 is 19.7 Å². The molecule has 0 aromatic heterocycles. The van der Waals surface area contributed by atoms with Gasteiger partial charge in [0.05, 0.1) is 24.8 Å². The van der Waals surface area contributed by atoms with Gasteiger partial charge in [0, 0.05) is 18.7 Å². The van der Waals surface area contributed by atoms with Crippen LogP contribution in [0.1, 0.15) is 37.5 Å². The van der Waals surface area contributed by atoms with Crippen molar-refractivity contribution in [2.75, 3.05) is 25.1 Å². The highest BCUT2D eigenvalue weighted by molar-refractivity contribution is 7.92. The van der Waals surface area contributed by atoms with E-state index in [1.165, 1.54) is 37.3 Å². The fourth-order valence-corrected chi connectivity index (χ4v) is 5.72. The molecular weight excluding hydrogens is 542 g/mol. The van der Waals surface area contributed by atoms with Crippen molar-refractivity contribution in [1.82, 2.24) is 10.2 Å². The number of rotatable bonds is 12. The van der Waals surface area contributed by atoms with Crippen molar-refractivity contribution in [3.05, 3.63) is 83.4 Å². The lowest BCUT2D eigenvalue weighted by atomic mass is 10.1. The Hall–Kier alpha value is -4.05. The average molecular weight is 582 g/mol. The van der Waals surface area contributed by atoms with Crippen molar-refractivity contribution in [3.8, 4) is 11.5 Å². The number of carbonyl (C=O) groups excluding carboxylic acids is 2. The van der Waals surface area contributed by atoms with Crippen molar-refractivity contribution >= 4 is 27.5 Å². The van der Waals surface area contributed by atoms with Gasteiger partial charge in [0.1, 0.15) is 24.1 Å². The Labute approximate surface area is 243 Å². The summed E-state index contributed by atoms with van der Waals surface area (Å²) in [7, 11) is -1.36. The Balaban J connectivity index is 2.14. The number of methoxy groups -OCH3 is 2. The standard InChI is InChI=1S/C31H39N3O6S/c1-21(2)32-31(36)24(5)33(19-25-11-9-8-10-23(25)4)30(35)20-34(28-18-26(39-6)14-17-29(28)40-7)41(37,38)27-15-12-22(3)13-16-27/h8-18,21,24H,19-20H2,1-7H3,(H,32,36)/t24-/m0/s1. The molecule has 0 spiro atoms. The van der Waals surface area contributed by atoms with Crippen molar-refractivity contribution in [2.24, 2.45) is 0 Å². The number of sulfonamides is 1. The monoisotopic (exact) mass is 581 g/mol.